The molecule has 0 aliphatic carbocycles. The van der Waals surface area contributed by atoms with Gasteiger partial charge in [0.05, 0.1) is 0 Å². The monoisotopic (exact) mass is 293 g/mol. The van der Waals surface area contributed by atoms with Crippen molar-refractivity contribution in [2.75, 3.05) is 11.4 Å². The van der Waals surface area contributed by atoms with Gasteiger partial charge in [-0.3, -0.25) is 0 Å². The summed E-state index contributed by atoms with van der Waals surface area (Å²) in [5.74, 6) is 0. The summed E-state index contributed by atoms with van der Waals surface area (Å²) in [5, 5.41) is 0. The summed E-state index contributed by atoms with van der Waals surface area (Å²) < 4.78 is 0. The lowest BCUT2D eigenvalue weighted by Crippen LogP contribution is -2.24. The van der Waals surface area contributed by atoms with Crippen molar-refractivity contribution in [1.29, 1.82) is 0 Å². The first kappa shape index (κ1) is 15.1. The van der Waals surface area contributed by atoms with Crippen LogP contribution >= 0.6 is 0 Å². The van der Waals surface area contributed by atoms with Gasteiger partial charge in [-0.1, -0.05) is 75.4 Å². The minimum Gasteiger partial charge on any atom is -0.341 e. The second kappa shape index (κ2) is 7.49. The predicted octanol–water partition coefficient (Wildman–Crippen LogP) is 6.09. The maximum atomic E-state index is 2.54. The lowest BCUT2D eigenvalue weighted by Gasteiger charge is -2.33. The van der Waals surface area contributed by atoms with E-state index in [0.717, 1.165) is 13.0 Å². The van der Waals surface area contributed by atoms with E-state index in [1.807, 2.05) is 0 Å². The fraction of sp³-hybridized carbons (Fsp3) is 0.429. The Kier molecular flexibility index (Phi) is 5.15. The Balaban J connectivity index is 1.70. The smallest absolute Gasteiger partial charge is 0.0446 e. The number of hydrogen-bond acceptors (Lipinski definition) is 1. The fourth-order valence-electron chi connectivity index (χ4n) is 3.47. The minimum absolute atomic E-state index is 1.07. The van der Waals surface area contributed by atoms with Gasteiger partial charge in [-0.2, -0.15) is 0 Å². The molecule has 0 N–H and O–H groups in total. The number of unbranched alkanes of at least 4 members (excludes halogenated alkanes) is 5. The minimum atomic E-state index is 1.07. The van der Waals surface area contributed by atoms with Crippen LogP contribution in [0.3, 0.4) is 0 Å². The van der Waals surface area contributed by atoms with Crippen LogP contribution in [0.4, 0.5) is 11.4 Å². The summed E-state index contributed by atoms with van der Waals surface area (Å²) in [7, 11) is 0. The molecule has 22 heavy (non-hydrogen) atoms. The molecular weight excluding hydrogens is 266 g/mol. The number of anilines is 2. The Labute approximate surface area is 135 Å². The van der Waals surface area contributed by atoms with Crippen molar-refractivity contribution in [1.82, 2.24) is 0 Å². The van der Waals surface area contributed by atoms with E-state index in [9.17, 15) is 0 Å². The zero-order valence-electron chi connectivity index (χ0n) is 13.7. The average molecular weight is 293 g/mol. The quantitative estimate of drug-likeness (QED) is 0.558. The Hall–Kier alpha value is -1.76. The van der Waals surface area contributed by atoms with Gasteiger partial charge in [-0.15, -0.1) is 0 Å². The molecule has 1 heterocycles. The van der Waals surface area contributed by atoms with Crippen LogP contribution in [-0.4, -0.2) is 6.54 Å². The normalized spacial score (nSPS) is 12.9. The molecule has 0 bridgehead atoms. The van der Waals surface area contributed by atoms with Gasteiger partial charge in [0.15, 0.2) is 0 Å². The fourth-order valence-corrected chi connectivity index (χ4v) is 3.47. The van der Waals surface area contributed by atoms with Gasteiger partial charge in [0.25, 0.3) is 0 Å². The van der Waals surface area contributed by atoms with Gasteiger partial charge in [0.2, 0.25) is 0 Å². The van der Waals surface area contributed by atoms with Gasteiger partial charge < -0.3 is 4.90 Å². The second-order valence-electron chi connectivity index (χ2n) is 6.35. The van der Waals surface area contributed by atoms with Gasteiger partial charge in [0, 0.05) is 24.3 Å². The third kappa shape index (κ3) is 3.35. The van der Waals surface area contributed by atoms with Crippen LogP contribution in [0.1, 0.15) is 56.6 Å². The van der Waals surface area contributed by atoms with Crippen molar-refractivity contribution in [2.45, 2.75) is 51.9 Å². The Morgan fingerprint density at radius 1 is 0.727 bits per heavy atom. The molecule has 116 valence electrons. The van der Waals surface area contributed by atoms with Crippen LogP contribution in [0.5, 0.6) is 0 Å². The molecule has 0 spiro atoms. The maximum absolute atomic E-state index is 2.54. The Bertz CT molecular complexity index is 557. The first-order chi connectivity index (χ1) is 10.9. The number of benzene rings is 2. The van der Waals surface area contributed by atoms with Crippen LogP contribution < -0.4 is 4.90 Å². The van der Waals surface area contributed by atoms with E-state index in [1.54, 1.807) is 0 Å². The van der Waals surface area contributed by atoms with E-state index in [2.05, 4.69) is 60.4 Å². The molecule has 1 aliphatic rings. The molecule has 0 unspecified atom stereocenters. The lowest BCUT2D eigenvalue weighted by atomic mass is 9.95. The zero-order valence-corrected chi connectivity index (χ0v) is 13.7. The molecule has 0 amide bonds. The molecule has 0 atom stereocenters. The molecule has 2 aromatic rings. The summed E-state index contributed by atoms with van der Waals surface area (Å²) in [5.41, 5.74) is 5.75. The van der Waals surface area contributed by atoms with Crippen molar-refractivity contribution in [3.8, 4) is 0 Å². The largest absolute Gasteiger partial charge is 0.341 e. The van der Waals surface area contributed by atoms with Gasteiger partial charge in [-0.05, 0) is 29.7 Å². The van der Waals surface area contributed by atoms with Crippen molar-refractivity contribution < 1.29 is 0 Å². The van der Waals surface area contributed by atoms with Crippen LogP contribution in [0.15, 0.2) is 48.5 Å². The van der Waals surface area contributed by atoms with Crippen molar-refractivity contribution >= 4 is 11.4 Å². The van der Waals surface area contributed by atoms with E-state index in [-0.39, 0.29) is 0 Å². The molecule has 1 heteroatoms. The molecule has 0 radical (unpaired) electrons. The molecule has 1 nitrogen and oxygen atoms in total. The molecule has 3 rings (SSSR count). The van der Waals surface area contributed by atoms with Gasteiger partial charge in [0.1, 0.15) is 0 Å². The Morgan fingerprint density at radius 2 is 1.27 bits per heavy atom. The molecule has 0 saturated heterocycles. The number of fused-ring (bicyclic) bond motifs is 2. The average Bonchev–Trinajstić information content (AvgIpc) is 2.57. The van der Waals surface area contributed by atoms with Crippen LogP contribution in [0, 0.1) is 0 Å². The third-order valence-corrected chi connectivity index (χ3v) is 4.68. The number of nitrogens with zero attached hydrogens (tertiary/aromatic N) is 1. The maximum Gasteiger partial charge on any atom is 0.0446 e. The van der Waals surface area contributed by atoms with Crippen LogP contribution in [0.2, 0.25) is 0 Å². The number of para-hydroxylation sites is 2. The summed E-state index contributed by atoms with van der Waals surface area (Å²) in [6.45, 7) is 3.42. The molecule has 0 aromatic heterocycles. The second-order valence-corrected chi connectivity index (χ2v) is 6.35. The highest BCUT2D eigenvalue weighted by Gasteiger charge is 2.21. The standard InChI is InChI=1S/C21H27N/c1-2-3-4-5-6-11-16-22-20-14-9-7-12-18(20)17-19-13-8-10-15-21(19)22/h7-10,12-15H,2-6,11,16-17H2,1H3. The highest BCUT2D eigenvalue weighted by Crippen LogP contribution is 2.38. The van der Waals surface area contributed by atoms with E-state index < -0.39 is 0 Å². The third-order valence-electron chi connectivity index (χ3n) is 4.68. The van der Waals surface area contributed by atoms with E-state index in [4.69, 9.17) is 0 Å². The van der Waals surface area contributed by atoms with Gasteiger partial charge >= 0.3 is 0 Å². The SMILES string of the molecule is CCCCCCCCN1c2ccccc2Cc2ccccc21. The predicted molar refractivity (Wildman–Crippen MR) is 96.1 cm³/mol. The van der Waals surface area contributed by atoms with Crippen molar-refractivity contribution in [3.05, 3.63) is 59.7 Å². The summed E-state index contributed by atoms with van der Waals surface area (Å²) in [6.07, 6.45) is 9.18. The van der Waals surface area contributed by atoms with E-state index in [0.29, 0.717) is 0 Å². The van der Waals surface area contributed by atoms with Crippen molar-refractivity contribution in [2.24, 2.45) is 0 Å². The zero-order chi connectivity index (χ0) is 15.2. The highest BCUT2D eigenvalue weighted by molar-refractivity contribution is 5.74. The summed E-state index contributed by atoms with van der Waals surface area (Å²) >= 11 is 0. The topological polar surface area (TPSA) is 3.24 Å². The lowest BCUT2D eigenvalue weighted by molar-refractivity contribution is 0.608. The van der Waals surface area contributed by atoms with Crippen LogP contribution in [-0.2, 0) is 6.42 Å². The Morgan fingerprint density at radius 3 is 1.91 bits per heavy atom. The number of rotatable bonds is 7. The first-order valence-corrected chi connectivity index (χ1v) is 8.83. The van der Waals surface area contributed by atoms with Crippen LogP contribution in [0.25, 0.3) is 0 Å². The highest BCUT2D eigenvalue weighted by atomic mass is 15.1. The molecule has 0 fully saturated rings. The first-order valence-electron chi connectivity index (χ1n) is 8.83. The number of hydrogen-bond donors (Lipinski definition) is 0. The molecule has 1 aliphatic heterocycles. The van der Waals surface area contributed by atoms with Gasteiger partial charge in [-0.25, -0.2) is 0 Å². The molecular formula is C21H27N. The van der Waals surface area contributed by atoms with Crippen molar-refractivity contribution in [3.63, 3.8) is 0 Å². The summed E-state index contributed by atoms with van der Waals surface area (Å²) in [6, 6.07) is 17.8. The van der Waals surface area contributed by atoms with E-state index in [1.165, 1.54) is 61.0 Å². The van der Waals surface area contributed by atoms with E-state index >= 15 is 0 Å². The summed E-state index contributed by atoms with van der Waals surface area (Å²) in [4.78, 5) is 2.54. The molecule has 0 saturated carbocycles. The molecule has 2 aromatic carbocycles.